The van der Waals surface area contributed by atoms with Crippen LogP contribution in [0.3, 0.4) is 0 Å². The molecule has 156 valence electrons. The van der Waals surface area contributed by atoms with E-state index in [-0.39, 0.29) is 18.2 Å². The summed E-state index contributed by atoms with van der Waals surface area (Å²) in [5.41, 5.74) is 6.12. The SMILES string of the molecule is CCc1ccc(C2=NN3C(C2)c2ccccc2OC3c2ccc(C(=O)OC)cc2)cc1. The zero-order chi connectivity index (χ0) is 21.4. The van der Waals surface area contributed by atoms with Crippen LogP contribution in [0, 0.1) is 0 Å². The first-order valence-corrected chi connectivity index (χ1v) is 10.6. The van der Waals surface area contributed by atoms with E-state index in [2.05, 4.69) is 42.3 Å². The van der Waals surface area contributed by atoms with Crippen LogP contribution in [0.25, 0.3) is 0 Å². The van der Waals surface area contributed by atoms with Gasteiger partial charge in [0.2, 0.25) is 6.23 Å². The van der Waals surface area contributed by atoms with Crippen LogP contribution in [0.1, 0.15) is 58.2 Å². The lowest BCUT2D eigenvalue weighted by Gasteiger charge is -2.38. The summed E-state index contributed by atoms with van der Waals surface area (Å²) in [6, 6.07) is 24.3. The maximum Gasteiger partial charge on any atom is 0.337 e. The minimum Gasteiger partial charge on any atom is -0.465 e. The Balaban J connectivity index is 1.52. The average molecular weight is 412 g/mol. The molecule has 0 aromatic heterocycles. The van der Waals surface area contributed by atoms with Gasteiger partial charge in [0.15, 0.2) is 0 Å². The highest BCUT2D eigenvalue weighted by Crippen LogP contribution is 2.47. The molecule has 0 spiro atoms. The second-order valence-corrected chi connectivity index (χ2v) is 7.82. The molecule has 0 N–H and O–H groups in total. The van der Waals surface area contributed by atoms with Gasteiger partial charge < -0.3 is 9.47 Å². The Kier molecular flexibility index (Phi) is 4.94. The molecule has 2 aliphatic rings. The van der Waals surface area contributed by atoms with E-state index in [1.165, 1.54) is 12.7 Å². The topological polar surface area (TPSA) is 51.1 Å². The van der Waals surface area contributed by atoms with Crippen LogP contribution >= 0.6 is 0 Å². The van der Waals surface area contributed by atoms with Gasteiger partial charge in [0.1, 0.15) is 5.75 Å². The smallest absolute Gasteiger partial charge is 0.337 e. The van der Waals surface area contributed by atoms with Crippen molar-refractivity contribution in [2.24, 2.45) is 5.10 Å². The number of methoxy groups -OCH3 is 1. The van der Waals surface area contributed by atoms with Crippen molar-refractivity contribution in [3.05, 3.63) is 101 Å². The number of carbonyl (C=O) groups excluding carboxylic acids is 1. The monoisotopic (exact) mass is 412 g/mol. The van der Waals surface area contributed by atoms with Crippen LogP contribution in [0.2, 0.25) is 0 Å². The average Bonchev–Trinajstić information content (AvgIpc) is 3.29. The number of hydrogen-bond donors (Lipinski definition) is 0. The van der Waals surface area contributed by atoms with Crippen molar-refractivity contribution in [2.45, 2.75) is 32.0 Å². The molecule has 0 aliphatic carbocycles. The third kappa shape index (κ3) is 3.46. The van der Waals surface area contributed by atoms with Crippen LogP contribution in [-0.2, 0) is 11.2 Å². The maximum atomic E-state index is 11.8. The van der Waals surface area contributed by atoms with Crippen molar-refractivity contribution >= 4 is 11.7 Å². The summed E-state index contributed by atoms with van der Waals surface area (Å²) in [7, 11) is 1.38. The summed E-state index contributed by atoms with van der Waals surface area (Å²) in [6.07, 6.45) is 1.48. The molecule has 0 saturated heterocycles. The molecule has 5 rings (SSSR count). The van der Waals surface area contributed by atoms with Crippen LogP contribution in [-0.4, -0.2) is 23.8 Å². The molecule has 3 aromatic carbocycles. The number of hydrazone groups is 1. The summed E-state index contributed by atoms with van der Waals surface area (Å²) in [4.78, 5) is 11.8. The van der Waals surface area contributed by atoms with E-state index in [9.17, 15) is 4.79 Å². The summed E-state index contributed by atoms with van der Waals surface area (Å²) in [5, 5.41) is 7.05. The number of carbonyl (C=O) groups is 1. The number of fused-ring (bicyclic) bond motifs is 3. The lowest BCUT2D eigenvalue weighted by molar-refractivity contribution is -0.0190. The zero-order valence-corrected chi connectivity index (χ0v) is 17.6. The van der Waals surface area contributed by atoms with Crippen molar-refractivity contribution in [1.29, 1.82) is 0 Å². The van der Waals surface area contributed by atoms with Gasteiger partial charge in [-0.1, -0.05) is 61.5 Å². The molecule has 0 fully saturated rings. The van der Waals surface area contributed by atoms with Crippen LogP contribution in [0.4, 0.5) is 0 Å². The molecule has 5 heteroatoms. The predicted octanol–water partition coefficient (Wildman–Crippen LogP) is 5.28. The molecule has 0 radical (unpaired) electrons. The van der Waals surface area contributed by atoms with Gasteiger partial charge in [-0.25, -0.2) is 9.80 Å². The van der Waals surface area contributed by atoms with Gasteiger partial charge in [0, 0.05) is 17.5 Å². The van der Waals surface area contributed by atoms with Gasteiger partial charge in [0.05, 0.1) is 24.4 Å². The van der Waals surface area contributed by atoms with Crippen molar-refractivity contribution in [1.82, 2.24) is 5.01 Å². The van der Waals surface area contributed by atoms with E-state index < -0.39 is 0 Å². The molecule has 0 bridgehead atoms. The molecule has 2 atom stereocenters. The fraction of sp³-hybridized carbons (Fsp3) is 0.231. The van der Waals surface area contributed by atoms with Crippen molar-refractivity contribution in [3.63, 3.8) is 0 Å². The van der Waals surface area contributed by atoms with Crippen molar-refractivity contribution in [3.8, 4) is 5.75 Å². The Bertz CT molecular complexity index is 1140. The van der Waals surface area contributed by atoms with Gasteiger partial charge in [-0.15, -0.1) is 0 Å². The molecule has 2 heterocycles. The zero-order valence-electron chi connectivity index (χ0n) is 17.6. The standard InChI is InChI=1S/C26H24N2O3/c1-3-17-8-10-18(11-9-17)22-16-23-21-6-4-5-7-24(21)31-25(28(23)27-22)19-12-14-20(15-13-19)26(29)30-2/h4-15,23,25H,3,16H2,1-2H3. The highest BCUT2D eigenvalue weighted by molar-refractivity contribution is 6.02. The second-order valence-electron chi connectivity index (χ2n) is 7.82. The minimum absolute atomic E-state index is 0.107. The van der Waals surface area contributed by atoms with Crippen LogP contribution in [0.15, 0.2) is 77.9 Å². The third-order valence-corrected chi connectivity index (χ3v) is 6.01. The number of hydrogen-bond acceptors (Lipinski definition) is 5. The van der Waals surface area contributed by atoms with Crippen LogP contribution in [0.5, 0.6) is 5.75 Å². The Morgan fingerprint density at radius 2 is 1.81 bits per heavy atom. The molecule has 2 aliphatic heterocycles. The third-order valence-electron chi connectivity index (χ3n) is 6.01. The largest absolute Gasteiger partial charge is 0.465 e. The quantitative estimate of drug-likeness (QED) is 0.547. The molecule has 31 heavy (non-hydrogen) atoms. The van der Waals surface area contributed by atoms with Gasteiger partial charge >= 0.3 is 5.97 Å². The summed E-state index contributed by atoms with van der Waals surface area (Å²) < 4.78 is 11.2. The Morgan fingerprint density at radius 3 is 2.52 bits per heavy atom. The number of ether oxygens (including phenoxy) is 2. The minimum atomic E-state index is -0.362. The summed E-state index contributed by atoms with van der Waals surface area (Å²) >= 11 is 0. The second kappa shape index (κ2) is 7.91. The fourth-order valence-corrected chi connectivity index (χ4v) is 4.26. The fourth-order valence-electron chi connectivity index (χ4n) is 4.26. The first-order valence-electron chi connectivity index (χ1n) is 10.6. The Hall–Kier alpha value is -3.60. The van der Waals surface area contributed by atoms with Gasteiger partial charge in [-0.2, -0.15) is 5.10 Å². The number of benzene rings is 3. The van der Waals surface area contributed by atoms with E-state index >= 15 is 0 Å². The van der Waals surface area contributed by atoms with Crippen LogP contribution < -0.4 is 4.74 Å². The molecule has 3 aromatic rings. The normalized spacial score (nSPS) is 19.2. The maximum absolute atomic E-state index is 11.8. The lowest BCUT2D eigenvalue weighted by Crippen LogP contribution is -2.33. The molecule has 5 nitrogen and oxygen atoms in total. The first-order chi connectivity index (χ1) is 15.2. The van der Waals surface area contributed by atoms with Gasteiger partial charge in [0.25, 0.3) is 0 Å². The van der Waals surface area contributed by atoms with E-state index in [1.54, 1.807) is 12.1 Å². The van der Waals surface area contributed by atoms with Crippen molar-refractivity contribution < 1.29 is 14.3 Å². The number of para-hydroxylation sites is 1. The molecule has 2 unspecified atom stereocenters. The molecular formula is C26H24N2O3. The molecule has 0 amide bonds. The van der Waals surface area contributed by atoms with Crippen molar-refractivity contribution in [2.75, 3.05) is 7.11 Å². The van der Waals surface area contributed by atoms with E-state index in [0.717, 1.165) is 41.0 Å². The van der Waals surface area contributed by atoms with Gasteiger partial charge in [-0.3, -0.25) is 0 Å². The first kappa shape index (κ1) is 19.4. The van der Waals surface area contributed by atoms with E-state index in [4.69, 9.17) is 14.6 Å². The lowest BCUT2D eigenvalue weighted by atomic mass is 9.95. The number of rotatable bonds is 4. The summed E-state index contributed by atoms with van der Waals surface area (Å²) in [6.45, 7) is 2.16. The Morgan fingerprint density at radius 1 is 1.06 bits per heavy atom. The van der Waals surface area contributed by atoms with Gasteiger partial charge in [-0.05, 0) is 35.7 Å². The number of esters is 1. The molecular weight excluding hydrogens is 388 g/mol. The summed E-state index contributed by atoms with van der Waals surface area (Å²) in [5.74, 6) is 0.528. The number of nitrogens with zero attached hydrogens (tertiary/aromatic N) is 2. The highest BCUT2D eigenvalue weighted by Gasteiger charge is 2.40. The van der Waals surface area contributed by atoms with E-state index in [0.29, 0.717) is 5.56 Å². The predicted molar refractivity (Wildman–Crippen MR) is 119 cm³/mol. The molecule has 0 saturated carbocycles. The Labute approximate surface area is 181 Å². The number of aryl methyl sites for hydroxylation is 1. The van der Waals surface area contributed by atoms with E-state index in [1.807, 2.05) is 30.3 Å². The highest BCUT2D eigenvalue weighted by atomic mass is 16.5.